The van der Waals surface area contributed by atoms with E-state index in [9.17, 15) is 0 Å². The number of nitrogens with one attached hydrogen (secondary N) is 1. The smallest absolute Gasteiger partial charge is 0.187 e. The third-order valence-electron chi connectivity index (χ3n) is 4.00. The summed E-state index contributed by atoms with van der Waals surface area (Å²) in [5, 5.41) is 12.0. The summed E-state index contributed by atoms with van der Waals surface area (Å²) in [6, 6.07) is 9.98. The maximum Gasteiger partial charge on any atom is 0.187 e. The second-order valence-corrected chi connectivity index (χ2v) is 6.33. The van der Waals surface area contributed by atoms with Crippen LogP contribution >= 0.6 is 12.4 Å². The van der Waals surface area contributed by atoms with Crippen molar-refractivity contribution in [2.24, 2.45) is 0 Å². The summed E-state index contributed by atoms with van der Waals surface area (Å²) < 4.78 is 23.8. The van der Waals surface area contributed by atoms with Gasteiger partial charge in [-0.25, -0.2) is 0 Å². The molecule has 2 aliphatic rings. The molecule has 1 aromatic rings. The van der Waals surface area contributed by atoms with Crippen LogP contribution in [0, 0.1) is 0 Å². The number of halogens is 1. The molecule has 2 fully saturated rings. The van der Waals surface area contributed by atoms with Crippen molar-refractivity contribution in [2.75, 3.05) is 19.7 Å². The molecule has 0 spiro atoms. The average Bonchev–Trinajstić information content (AvgIpc) is 3.01. The van der Waals surface area contributed by atoms with Crippen molar-refractivity contribution in [2.45, 2.75) is 50.8 Å². The van der Waals surface area contributed by atoms with Crippen molar-refractivity contribution < 1.29 is 24.1 Å². The van der Waals surface area contributed by atoms with Crippen molar-refractivity contribution in [1.29, 1.82) is 0 Å². The molecule has 1 aromatic carbocycles. The molecule has 0 bridgehead atoms. The Morgan fingerprint density at radius 2 is 1.88 bits per heavy atom. The normalized spacial score (nSPS) is 30.8. The van der Waals surface area contributed by atoms with Gasteiger partial charge in [0.05, 0.1) is 13.2 Å². The Balaban J connectivity index is 0.00000208. The molecule has 24 heavy (non-hydrogen) atoms. The van der Waals surface area contributed by atoms with E-state index in [0.717, 1.165) is 5.56 Å². The molecule has 0 radical (unpaired) electrons. The van der Waals surface area contributed by atoms with Crippen LogP contribution in [0.3, 0.4) is 0 Å². The van der Waals surface area contributed by atoms with Crippen LogP contribution in [0.2, 0.25) is 0 Å². The van der Waals surface area contributed by atoms with Crippen LogP contribution in [-0.4, -0.2) is 55.2 Å². The average molecular weight is 360 g/mol. The fourth-order valence-corrected chi connectivity index (χ4v) is 3.02. The number of hydrogen-bond donors (Lipinski definition) is 2. The minimum absolute atomic E-state index is 0. The first-order valence-electron chi connectivity index (χ1n) is 8.07. The lowest BCUT2D eigenvalue weighted by Gasteiger charge is -2.24. The predicted octanol–water partition coefficient (Wildman–Crippen LogP) is 1.45. The highest BCUT2D eigenvalue weighted by atomic mass is 35.5. The van der Waals surface area contributed by atoms with E-state index in [0.29, 0.717) is 19.7 Å². The summed E-state index contributed by atoms with van der Waals surface area (Å²) >= 11 is 0. The molecular weight excluding hydrogens is 334 g/mol. The molecule has 136 valence electrons. The zero-order valence-electron chi connectivity index (χ0n) is 14.0. The fraction of sp³-hybridized carbons (Fsp3) is 0.647. The molecule has 2 aliphatic heterocycles. The van der Waals surface area contributed by atoms with Gasteiger partial charge in [-0.15, -0.1) is 12.4 Å². The minimum atomic E-state index is -0.636. The molecule has 6 nitrogen and oxygen atoms in total. The monoisotopic (exact) mass is 359 g/mol. The standard InChI is InChI=1S/C17H25NO5.ClH/c1-17(2)22-14-13(10-18-8-9-19)21-16(15(14)23-17)20-11-12-6-4-3-5-7-12;/h3-7,13-16,18-19H,8-11H2,1-2H3;1H. The minimum Gasteiger partial charge on any atom is -0.395 e. The summed E-state index contributed by atoms with van der Waals surface area (Å²) in [7, 11) is 0. The highest BCUT2D eigenvalue weighted by molar-refractivity contribution is 5.85. The van der Waals surface area contributed by atoms with Crippen LogP contribution in [0.5, 0.6) is 0 Å². The van der Waals surface area contributed by atoms with Gasteiger partial charge in [0.25, 0.3) is 0 Å². The SMILES string of the molecule is CC1(C)OC2C(CNCCO)OC(OCc3ccccc3)C2O1.Cl. The summed E-state index contributed by atoms with van der Waals surface area (Å²) in [5.74, 6) is -0.636. The first-order chi connectivity index (χ1) is 11.1. The summed E-state index contributed by atoms with van der Waals surface area (Å²) in [6.45, 7) is 5.48. The molecule has 2 saturated heterocycles. The number of aliphatic hydroxyl groups is 1. The molecule has 0 amide bonds. The van der Waals surface area contributed by atoms with E-state index in [2.05, 4.69) is 5.32 Å². The number of ether oxygens (including phenoxy) is 4. The van der Waals surface area contributed by atoms with Crippen molar-refractivity contribution in [3.8, 4) is 0 Å². The topological polar surface area (TPSA) is 69.2 Å². The lowest BCUT2D eigenvalue weighted by molar-refractivity contribution is -0.235. The molecule has 2 heterocycles. The Morgan fingerprint density at radius 3 is 2.58 bits per heavy atom. The fourth-order valence-electron chi connectivity index (χ4n) is 3.02. The van der Waals surface area contributed by atoms with Crippen LogP contribution in [0.25, 0.3) is 0 Å². The van der Waals surface area contributed by atoms with Gasteiger partial charge >= 0.3 is 0 Å². The van der Waals surface area contributed by atoms with E-state index in [1.54, 1.807) is 0 Å². The molecule has 4 unspecified atom stereocenters. The first kappa shape index (κ1) is 19.6. The van der Waals surface area contributed by atoms with E-state index >= 15 is 0 Å². The predicted molar refractivity (Wildman–Crippen MR) is 90.9 cm³/mol. The van der Waals surface area contributed by atoms with E-state index in [4.69, 9.17) is 24.1 Å². The van der Waals surface area contributed by atoms with Crippen molar-refractivity contribution in [1.82, 2.24) is 5.32 Å². The Bertz CT molecular complexity index is 501. The molecule has 4 atom stereocenters. The second kappa shape index (κ2) is 8.58. The summed E-state index contributed by atoms with van der Waals surface area (Å²) in [4.78, 5) is 0. The van der Waals surface area contributed by atoms with Gasteiger partial charge in [-0.2, -0.15) is 0 Å². The van der Waals surface area contributed by atoms with Gasteiger partial charge in [-0.05, 0) is 19.4 Å². The summed E-state index contributed by atoms with van der Waals surface area (Å²) in [6.07, 6.45) is -1.02. The lowest BCUT2D eigenvalue weighted by atomic mass is 10.1. The van der Waals surface area contributed by atoms with Crippen LogP contribution in [0.1, 0.15) is 19.4 Å². The molecular formula is C17H26ClNO5. The second-order valence-electron chi connectivity index (χ2n) is 6.33. The quantitative estimate of drug-likeness (QED) is 0.718. The number of benzene rings is 1. The molecule has 2 N–H and O–H groups in total. The van der Waals surface area contributed by atoms with Gasteiger partial charge in [-0.3, -0.25) is 0 Å². The van der Waals surface area contributed by atoms with Gasteiger partial charge in [-0.1, -0.05) is 30.3 Å². The molecule has 3 rings (SSSR count). The highest BCUT2D eigenvalue weighted by Crippen LogP contribution is 2.39. The Morgan fingerprint density at radius 1 is 1.17 bits per heavy atom. The van der Waals surface area contributed by atoms with Crippen LogP contribution in [0.4, 0.5) is 0 Å². The number of fused-ring (bicyclic) bond motifs is 1. The van der Waals surface area contributed by atoms with E-state index in [1.165, 1.54) is 0 Å². The zero-order valence-corrected chi connectivity index (χ0v) is 14.8. The van der Waals surface area contributed by atoms with E-state index < -0.39 is 12.1 Å². The summed E-state index contributed by atoms with van der Waals surface area (Å²) in [5.41, 5.74) is 1.09. The Labute approximate surface area is 148 Å². The largest absolute Gasteiger partial charge is 0.395 e. The van der Waals surface area contributed by atoms with Crippen LogP contribution in [0.15, 0.2) is 30.3 Å². The Hall–Kier alpha value is -0.730. The molecule has 0 saturated carbocycles. The van der Waals surface area contributed by atoms with Crippen molar-refractivity contribution in [3.05, 3.63) is 35.9 Å². The maximum absolute atomic E-state index is 8.89. The van der Waals surface area contributed by atoms with Crippen molar-refractivity contribution in [3.63, 3.8) is 0 Å². The van der Waals surface area contributed by atoms with Gasteiger partial charge in [0, 0.05) is 13.1 Å². The first-order valence-corrected chi connectivity index (χ1v) is 8.07. The van der Waals surface area contributed by atoms with Crippen LogP contribution in [-0.2, 0) is 25.6 Å². The number of hydrogen-bond acceptors (Lipinski definition) is 6. The van der Waals surface area contributed by atoms with Crippen LogP contribution < -0.4 is 5.32 Å². The molecule has 0 aliphatic carbocycles. The lowest BCUT2D eigenvalue weighted by Crippen LogP contribution is -2.38. The number of aliphatic hydroxyl groups excluding tert-OH is 1. The third kappa shape index (κ3) is 4.67. The molecule has 0 aromatic heterocycles. The Kier molecular flexibility index (Phi) is 7.00. The zero-order chi connectivity index (χ0) is 16.3. The maximum atomic E-state index is 8.89. The van der Waals surface area contributed by atoms with Crippen molar-refractivity contribution >= 4 is 12.4 Å². The number of rotatable bonds is 7. The highest BCUT2D eigenvalue weighted by Gasteiger charge is 2.55. The van der Waals surface area contributed by atoms with Gasteiger partial charge in [0.15, 0.2) is 12.1 Å². The molecule has 7 heteroatoms. The van der Waals surface area contributed by atoms with Gasteiger partial charge < -0.3 is 29.4 Å². The van der Waals surface area contributed by atoms with E-state index in [1.807, 2.05) is 44.2 Å². The third-order valence-corrected chi connectivity index (χ3v) is 4.00. The van der Waals surface area contributed by atoms with E-state index in [-0.39, 0.29) is 37.3 Å². The van der Waals surface area contributed by atoms with Gasteiger partial charge in [0.1, 0.15) is 18.3 Å². The van der Waals surface area contributed by atoms with Gasteiger partial charge in [0.2, 0.25) is 0 Å².